The molecule has 0 atom stereocenters. The van der Waals surface area contributed by atoms with Crippen LogP contribution in [0.25, 0.3) is 0 Å². The summed E-state index contributed by atoms with van der Waals surface area (Å²) in [5, 5.41) is 0. The molecule has 0 aromatic heterocycles. The van der Waals surface area contributed by atoms with Crippen molar-refractivity contribution < 1.29 is 0 Å². The third-order valence-corrected chi connectivity index (χ3v) is 1.17. The van der Waals surface area contributed by atoms with E-state index in [1.165, 1.54) is 11.1 Å². The van der Waals surface area contributed by atoms with Crippen molar-refractivity contribution in [2.75, 3.05) is 0 Å². The van der Waals surface area contributed by atoms with Crippen molar-refractivity contribution in [2.45, 2.75) is 13.8 Å². The van der Waals surface area contributed by atoms with Crippen LogP contribution in [0.5, 0.6) is 0 Å². The van der Waals surface area contributed by atoms with Gasteiger partial charge in [-0.25, -0.2) is 0 Å². The van der Waals surface area contributed by atoms with Gasteiger partial charge < -0.3 is 0 Å². The summed E-state index contributed by atoms with van der Waals surface area (Å²) < 4.78 is 0. The predicted molar refractivity (Wildman–Crippen MR) is 43.1 cm³/mol. The van der Waals surface area contributed by atoms with Gasteiger partial charge in [0.25, 0.3) is 0 Å². The molecule has 1 aromatic carbocycles. The Morgan fingerprint density at radius 3 is 1.67 bits per heavy atom. The molecular weight excluding hydrogens is 135 g/mol. The van der Waals surface area contributed by atoms with Gasteiger partial charge in [-0.3, -0.25) is 0 Å². The normalized spacial score (nSPS) is 8.22. The van der Waals surface area contributed by atoms with Crippen LogP contribution in [0.3, 0.4) is 0 Å². The summed E-state index contributed by atoms with van der Waals surface area (Å²) in [6, 6.07) is 8.45. The summed E-state index contributed by atoms with van der Waals surface area (Å²) >= 11 is 0. The number of rotatable bonds is 0. The monoisotopic (exact) mass is 146 g/mol. The number of hydrogen-bond donors (Lipinski definition) is 0. The standard InChI is InChI=1S/C8H10.K.H/c1-7-4-3-5-8(2)6-7;;/h3-6H,1-2H3;;. The van der Waals surface area contributed by atoms with E-state index in [-0.39, 0.29) is 51.4 Å². The summed E-state index contributed by atoms with van der Waals surface area (Å²) in [5.74, 6) is 0. The van der Waals surface area contributed by atoms with Crippen LogP contribution in [0.2, 0.25) is 0 Å². The van der Waals surface area contributed by atoms with Crippen molar-refractivity contribution >= 4 is 51.4 Å². The summed E-state index contributed by atoms with van der Waals surface area (Å²) in [7, 11) is 0. The Morgan fingerprint density at radius 1 is 1.00 bits per heavy atom. The van der Waals surface area contributed by atoms with E-state index in [0.29, 0.717) is 0 Å². The minimum absolute atomic E-state index is 0. The first-order valence-corrected chi connectivity index (χ1v) is 2.82. The summed E-state index contributed by atoms with van der Waals surface area (Å²) in [4.78, 5) is 0. The average Bonchev–Trinajstić information content (AvgIpc) is 1.64. The van der Waals surface area contributed by atoms with Gasteiger partial charge in [-0.2, -0.15) is 0 Å². The molecule has 1 aromatic rings. The zero-order chi connectivity index (χ0) is 5.98. The van der Waals surface area contributed by atoms with Crippen molar-refractivity contribution in [3.05, 3.63) is 35.4 Å². The minimum atomic E-state index is 0. The van der Waals surface area contributed by atoms with E-state index in [1.807, 2.05) is 0 Å². The van der Waals surface area contributed by atoms with Gasteiger partial charge in [-0.1, -0.05) is 35.4 Å². The van der Waals surface area contributed by atoms with E-state index in [4.69, 9.17) is 0 Å². The molecule has 0 aliphatic rings. The first kappa shape index (κ1) is 9.86. The van der Waals surface area contributed by atoms with E-state index in [1.54, 1.807) is 0 Å². The fraction of sp³-hybridized carbons (Fsp3) is 0.250. The number of benzene rings is 1. The van der Waals surface area contributed by atoms with Crippen LogP contribution in [-0.2, 0) is 0 Å². The Labute approximate surface area is 99.1 Å². The Kier molecular flexibility index (Phi) is 5.08. The molecule has 0 aliphatic heterocycles. The fourth-order valence-electron chi connectivity index (χ4n) is 0.807. The second-order valence-electron chi connectivity index (χ2n) is 2.16. The fourth-order valence-corrected chi connectivity index (χ4v) is 0.807. The number of aryl methyl sites for hydroxylation is 2. The molecule has 1 heteroatoms. The topological polar surface area (TPSA) is 0 Å². The van der Waals surface area contributed by atoms with Crippen LogP contribution in [0.1, 0.15) is 11.1 Å². The maximum absolute atomic E-state index is 2.17. The zero-order valence-electron chi connectivity index (χ0n) is 5.31. The van der Waals surface area contributed by atoms with E-state index >= 15 is 0 Å². The van der Waals surface area contributed by atoms with E-state index < -0.39 is 0 Å². The molecule has 0 amide bonds. The molecular formula is C8H11K. The summed E-state index contributed by atoms with van der Waals surface area (Å²) in [5.41, 5.74) is 2.68. The second-order valence-corrected chi connectivity index (χ2v) is 2.16. The third-order valence-electron chi connectivity index (χ3n) is 1.17. The van der Waals surface area contributed by atoms with Gasteiger partial charge >= 0.3 is 51.4 Å². The molecule has 0 saturated carbocycles. The van der Waals surface area contributed by atoms with E-state index in [2.05, 4.69) is 38.1 Å². The van der Waals surface area contributed by atoms with Crippen LogP contribution in [0, 0.1) is 13.8 Å². The van der Waals surface area contributed by atoms with Gasteiger partial charge in [0.05, 0.1) is 0 Å². The van der Waals surface area contributed by atoms with Crippen molar-refractivity contribution in [2.24, 2.45) is 0 Å². The second kappa shape index (κ2) is 4.64. The van der Waals surface area contributed by atoms with Crippen molar-refractivity contribution in [3.8, 4) is 0 Å². The molecule has 1 rings (SSSR count). The van der Waals surface area contributed by atoms with Gasteiger partial charge in [0, 0.05) is 0 Å². The molecule has 9 heavy (non-hydrogen) atoms. The Morgan fingerprint density at radius 2 is 1.44 bits per heavy atom. The van der Waals surface area contributed by atoms with Crippen LogP contribution in [0.4, 0.5) is 0 Å². The summed E-state index contributed by atoms with van der Waals surface area (Å²) in [6.45, 7) is 4.21. The molecule has 0 nitrogen and oxygen atoms in total. The van der Waals surface area contributed by atoms with Gasteiger partial charge in [0.15, 0.2) is 0 Å². The Hall–Kier alpha value is 0.856. The number of hydrogen-bond acceptors (Lipinski definition) is 0. The molecule has 0 heterocycles. The van der Waals surface area contributed by atoms with Crippen molar-refractivity contribution in [3.63, 3.8) is 0 Å². The molecule has 0 aliphatic carbocycles. The predicted octanol–water partition coefficient (Wildman–Crippen LogP) is 1.65. The maximum atomic E-state index is 2.17. The SMILES string of the molecule is Cc1cccc(C)c1.[KH]. The molecule has 0 N–H and O–H groups in total. The Balaban J connectivity index is 0.000000640. The van der Waals surface area contributed by atoms with Gasteiger partial charge in [0.1, 0.15) is 0 Å². The van der Waals surface area contributed by atoms with Crippen LogP contribution < -0.4 is 0 Å². The average molecular weight is 146 g/mol. The van der Waals surface area contributed by atoms with Crippen LogP contribution in [-0.4, -0.2) is 51.4 Å². The Bertz CT molecular complexity index is 164. The third kappa shape index (κ3) is 3.53. The van der Waals surface area contributed by atoms with E-state index in [9.17, 15) is 0 Å². The van der Waals surface area contributed by atoms with E-state index in [0.717, 1.165) is 0 Å². The quantitative estimate of drug-likeness (QED) is 0.488. The molecule has 0 radical (unpaired) electrons. The molecule has 44 valence electrons. The molecule has 0 fully saturated rings. The molecule has 0 bridgehead atoms. The van der Waals surface area contributed by atoms with Gasteiger partial charge in [0.2, 0.25) is 0 Å². The van der Waals surface area contributed by atoms with Crippen molar-refractivity contribution in [1.82, 2.24) is 0 Å². The summed E-state index contributed by atoms with van der Waals surface area (Å²) in [6.07, 6.45) is 0. The van der Waals surface area contributed by atoms with Crippen LogP contribution >= 0.6 is 0 Å². The van der Waals surface area contributed by atoms with Gasteiger partial charge in [-0.15, -0.1) is 0 Å². The first-order chi connectivity index (χ1) is 3.79. The molecule has 0 saturated heterocycles. The molecule has 0 spiro atoms. The molecule has 0 unspecified atom stereocenters. The van der Waals surface area contributed by atoms with Gasteiger partial charge in [-0.05, 0) is 13.8 Å². The van der Waals surface area contributed by atoms with Crippen molar-refractivity contribution in [1.29, 1.82) is 0 Å². The first-order valence-electron chi connectivity index (χ1n) is 2.82. The van der Waals surface area contributed by atoms with Crippen LogP contribution in [0.15, 0.2) is 24.3 Å². The zero-order valence-corrected chi connectivity index (χ0v) is 5.31.